The van der Waals surface area contributed by atoms with Gasteiger partial charge in [-0.05, 0) is 31.2 Å². The molecule has 0 saturated heterocycles. The highest BCUT2D eigenvalue weighted by Crippen LogP contribution is 2.23. The lowest BCUT2D eigenvalue weighted by Gasteiger charge is -2.14. The first kappa shape index (κ1) is 16.7. The summed E-state index contributed by atoms with van der Waals surface area (Å²) in [5.74, 6) is -0.886. The van der Waals surface area contributed by atoms with Crippen LogP contribution in [0.5, 0.6) is 5.75 Å². The number of hydrogen-bond donors (Lipinski definition) is 0. The van der Waals surface area contributed by atoms with Crippen molar-refractivity contribution in [2.45, 2.75) is 6.92 Å². The molecule has 0 saturated carbocycles. The number of carbonyl (C=O) groups is 3. The van der Waals surface area contributed by atoms with Gasteiger partial charge in [-0.2, -0.15) is 0 Å². The van der Waals surface area contributed by atoms with Crippen molar-refractivity contribution in [2.24, 2.45) is 0 Å². The van der Waals surface area contributed by atoms with Gasteiger partial charge < -0.3 is 9.47 Å². The number of aryl methyl sites for hydroxylation is 1. The van der Waals surface area contributed by atoms with E-state index in [0.717, 1.165) is 10.5 Å². The highest BCUT2D eigenvalue weighted by Gasteiger charge is 2.34. The van der Waals surface area contributed by atoms with Crippen LogP contribution in [0, 0.1) is 6.92 Å². The monoisotopic (exact) mass is 339 g/mol. The van der Waals surface area contributed by atoms with E-state index < -0.39 is 5.97 Å². The average molecular weight is 339 g/mol. The number of benzene rings is 2. The molecule has 1 heterocycles. The van der Waals surface area contributed by atoms with Crippen LogP contribution in [0.15, 0.2) is 42.5 Å². The summed E-state index contributed by atoms with van der Waals surface area (Å²) >= 11 is 0. The van der Waals surface area contributed by atoms with Gasteiger partial charge >= 0.3 is 5.97 Å². The van der Waals surface area contributed by atoms with E-state index in [0.29, 0.717) is 22.4 Å². The Morgan fingerprint density at radius 3 is 2.28 bits per heavy atom. The maximum Gasteiger partial charge on any atom is 0.341 e. The van der Waals surface area contributed by atoms with Gasteiger partial charge in [0.2, 0.25) is 0 Å². The van der Waals surface area contributed by atoms with E-state index in [9.17, 15) is 14.4 Å². The zero-order chi connectivity index (χ0) is 18.0. The fourth-order valence-corrected chi connectivity index (χ4v) is 2.73. The molecule has 2 aromatic rings. The molecule has 1 aliphatic rings. The van der Waals surface area contributed by atoms with Gasteiger partial charge in [0.25, 0.3) is 11.8 Å². The maximum atomic E-state index is 12.2. The summed E-state index contributed by atoms with van der Waals surface area (Å²) in [4.78, 5) is 37.8. The van der Waals surface area contributed by atoms with Crippen LogP contribution in [0.1, 0.15) is 36.6 Å². The van der Waals surface area contributed by atoms with Gasteiger partial charge in [-0.25, -0.2) is 4.79 Å². The van der Waals surface area contributed by atoms with Gasteiger partial charge in [0, 0.05) is 0 Å². The Kier molecular flexibility index (Phi) is 4.52. The van der Waals surface area contributed by atoms with Crippen molar-refractivity contribution in [1.82, 2.24) is 4.90 Å². The third-order valence-corrected chi connectivity index (χ3v) is 4.00. The lowest BCUT2D eigenvalue weighted by Crippen LogP contribution is -2.33. The fourth-order valence-electron chi connectivity index (χ4n) is 2.73. The molecule has 1 aliphatic heterocycles. The molecule has 0 atom stereocenters. The number of methoxy groups -OCH3 is 1. The number of fused-ring (bicyclic) bond motifs is 1. The van der Waals surface area contributed by atoms with Gasteiger partial charge in [0.05, 0.1) is 24.8 Å². The van der Waals surface area contributed by atoms with E-state index >= 15 is 0 Å². The van der Waals surface area contributed by atoms with Gasteiger partial charge in [0.1, 0.15) is 17.9 Å². The van der Waals surface area contributed by atoms with Gasteiger partial charge in [0.15, 0.2) is 0 Å². The fraction of sp³-hybridized carbons (Fsp3) is 0.211. The van der Waals surface area contributed by atoms with Crippen molar-refractivity contribution >= 4 is 17.8 Å². The van der Waals surface area contributed by atoms with Crippen molar-refractivity contribution in [3.05, 3.63) is 64.7 Å². The molecule has 6 heteroatoms. The lowest BCUT2D eigenvalue weighted by molar-refractivity contribution is 0.0417. The summed E-state index contributed by atoms with van der Waals surface area (Å²) in [6, 6.07) is 11.8. The molecule has 0 N–H and O–H groups in total. The molecule has 0 radical (unpaired) electrons. The number of hydrogen-bond acceptors (Lipinski definition) is 5. The van der Waals surface area contributed by atoms with Gasteiger partial charge in [-0.3, -0.25) is 14.5 Å². The molecule has 0 aliphatic carbocycles. The van der Waals surface area contributed by atoms with Gasteiger partial charge in [-0.15, -0.1) is 0 Å². The van der Waals surface area contributed by atoms with E-state index in [2.05, 4.69) is 0 Å². The van der Waals surface area contributed by atoms with Crippen LogP contribution in [0.25, 0.3) is 0 Å². The first-order valence-electron chi connectivity index (χ1n) is 7.80. The number of imide groups is 1. The SMILES string of the molecule is COc1ccc(C)cc1C(=O)OCCN1C(=O)c2ccccc2C1=O. The highest BCUT2D eigenvalue weighted by atomic mass is 16.5. The largest absolute Gasteiger partial charge is 0.496 e. The molecule has 0 unspecified atom stereocenters. The lowest BCUT2D eigenvalue weighted by atomic mass is 10.1. The number of rotatable bonds is 5. The van der Waals surface area contributed by atoms with E-state index in [1.165, 1.54) is 7.11 Å². The number of amides is 2. The molecule has 0 aromatic heterocycles. The Morgan fingerprint density at radius 1 is 1.04 bits per heavy atom. The van der Waals surface area contributed by atoms with Crippen molar-refractivity contribution in [3.8, 4) is 5.75 Å². The highest BCUT2D eigenvalue weighted by molar-refractivity contribution is 6.21. The molecule has 0 spiro atoms. The average Bonchev–Trinajstić information content (AvgIpc) is 2.86. The molecule has 2 aromatic carbocycles. The summed E-state index contributed by atoms with van der Waals surface area (Å²) in [5, 5.41) is 0. The first-order chi connectivity index (χ1) is 12.0. The Bertz CT molecular complexity index is 824. The van der Waals surface area contributed by atoms with Crippen molar-refractivity contribution < 1.29 is 23.9 Å². The van der Waals surface area contributed by atoms with Crippen LogP contribution in [0.3, 0.4) is 0 Å². The predicted molar refractivity (Wildman–Crippen MR) is 89.8 cm³/mol. The van der Waals surface area contributed by atoms with Crippen molar-refractivity contribution in [1.29, 1.82) is 0 Å². The molecule has 0 bridgehead atoms. The van der Waals surface area contributed by atoms with Crippen molar-refractivity contribution in [2.75, 3.05) is 20.3 Å². The van der Waals surface area contributed by atoms with Crippen LogP contribution in [-0.4, -0.2) is 42.9 Å². The zero-order valence-corrected chi connectivity index (χ0v) is 13.9. The second-order valence-corrected chi connectivity index (χ2v) is 5.65. The Balaban J connectivity index is 1.64. The topological polar surface area (TPSA) is 72.9 Å². The molecular formula is C19H17NO5. The van der Waals surface area contributed by atoms with Crippen LogP contribution < -0.4 is 4.74 Å². The Morgan fingerprint density at radius 2 is 1.68 bits per heavy atom. The summed E-state index contributed by atoms with van der Waals surface area (Å²) in [5.41, 5.74) is 1.95. The van der Waals surface area contributed by atoms with Crippen LogP contribution in [-0.2, 0) is 4.74 Å². The van der Waals surface area contributed by atoms with E-state index in [-0.39, 0.29) is 25.0 Å². The molecule has 128 valence electrons. The third kappa shape index (κ3) is 3.10. The molecule has 0 fully saturated rings. The van der Waals surface area contributed by atoms with E-state index in [1.54, 1.807) is 36.4 Å². The minimum Gasteiger partial charge on any atom is -0.496 e. The van der Waals surface area contributed by atoms with E-state index in [4.69, 9.17) is 9.47 Å². The van der Waals surface area contributed by atoms with Gasteiger partial charge in [-0.1, -0.05) is 23.8 Å². The second kappa shape index (κ2) is 6.76. The third-order valence-electron chi connectivity index (χ3n) is 4.00. The normalized spacial score (nSPS) is 13.0. The Labute approximate surface area is 145 Å². The van der Waals surface area contributed by atoms with E-state index in [1.807, 2.05) is 13.0 Å². The molecule has 6 nitrogen and oxygen atoms in total. The minimum atomic E-state index is -0.558. The summed E-state index contributed by atoms with van der Waals surface area (Å²) in [7, 11) is 1.47. The van der Waals surface area contributed by atoms with Crippen LogP contribution in [0.2, 0.25) is 0 Å². The molecule has 3 rings (SSSR count). The van der Waals surface area contributed by atoms with Crippen LogP contribution >= 0.6 is 0 Å². The second-order valence-electron chi connectivity index (χ2n) is 5.65. The standard InChI is InChI=1S/C19H17NO5/c1-12-7-8-16(24-2)15(11-12)19(23)25-10-9-20-17(21)13-5-3-4-6-14(13)18(20)22/h3-8,11H,9-10H2,1-2H3. The minimum absolute atomic E-state index is 0.00617. The number of esters is 1. The maximum absolute atomic E-state index is 12.2. The molecular weight excluding hydrogens is 322 g/mol. The molecule has 2 amide bonds. The first-order valence-corrected chi connectivity index (χ1v) is 7.80. The molecule has 25 heavy (non-hydrogen) atoms. The number of nitrogens with zero attached hydrogens (tertiary/aromatic N) is 1. The van der Waals surface area contributed by atoms with Crippen molar-refractivity contribution in [3.63, 3.8) is 0 Å². The summed E-state index contributed by atoms with van der Waals surface area (Å²) in [6.07, 6.45) is 0. The quantitative estimate of drug-likeness (QED) is 0.618. The summed E-state index contributed by atoms with van der Waals surface area (Å²) < 4.78 is 10.4. The Hall–Kier alpha value is -3.15. The number of ether oxygens (including phenoxy) is 2. The smallest absolute Gasteiger partial charge is 0.341 e. The predicted octanol–water partition coefficient (Wildman–Crippen LogP) is 2.46. The van der Waals surface area contributed by atoms with Crippen LogP contribution in [0.4, 0.5) is 0 Å². The summed E-state index contributed by atoms with van der Waals surface area (Å²) in [6.45, 7) is 1.78. The number of carbonyl (C=O) groups excluding carboxylic acids is 3. The zero-order valence-electron chi connectivity index (χ0n) is 13.9.